The Morgan fingerprint density at radius 3 is 2.47 bits per heavy atom. The minimum absolute atomic E-state index is 0.0515. The summed E-state index contributed by atoms with van der Waals surface area (Å²) in [5.41, 5.74) is 8.06. The lowest BCUT2D eigenvalue weighted by Gasteiger charge is -2.22. The molecule has 0 aliphatic rings. The molecular weight excluding hydrogens is 238 g/mol. The number of ether oxygens (including phenoxy) is 1. The first-order valence-electron chi connectivity index (χ1n) is 6.21. The number of methoxy groups -OCH3 is 1. The van der Waals surface area contributed by atoms with Gasteiger partial charge in [0.05, 0.1) is 7.11 Å². The lowest BCUT2D eigenvalue weighted by atomic mass is 10.1. The van der Waals surface area contributed by atoms with E-state index in [0.717, 1.165) is 22.8 Å². The van der Waals surface area contributed by atoms with Crippen molar-refractivity contribution in [2.75, 3.05) is 19.1 Å². The van der Waals surface area contributed by atoms with Gasteiger partial charge >= 0.3 is 0 Å². The molecule has 1 aromatic heterocycles. The van der Waals surface area contributed by atoms with Crippen LogP contribution in [0, 0.1) is 0 Å². The summed E-state index contributed by atoms with van der Waals surface area (Å²) in [5, 5.41) is 0. The monoisotopic (exact) mass is 257 g/mol. The van der Waals surface area contributed by atoms with Crippen molar-refractivity contribution in [3.63, 3.8) is 0 Å². The van der Waals surface area contributed by atoms with E-state index in [1.54, 1.807) is 13.3 Å². The number of hydrogen-bond acceptors (Lipinski definition) is 4. The van der Waals surface area contributed by atoms with E-state index < -0.39 is 0 Å². The molecule has 0 amide bonds. The van der Waals surface area contributed by atoms with Crippen molar-refractivity contribution in [2.24, 2.45) is 5.73 Å². The average molecular weight is 257 g/mol. The summed E-state index contributed by atoms with van der Waals surface area (Å²) in [5.74, 6) is 1.72. The Kier molecular flexibility index (Phi) is 4.02. The second kappa shape index (κ2) is 5.71. The van der Waals surface area contributed by atoms with Crippen molar-refractivity contribution in [1.82, 2.24) is 4.98 Å². The Morgan fingerprint density at radius 1 is 1.21 bits per heavy atom. The Hall–Kier alpha value is -2.07. The number of aromatic nitrogens is 1. The summed E-state index contributed by atoms with van der Waals surface area (Å²) in [7, 11) is 3.64. The number of pyridine rings is 1. The lowest BCUT2D eigenvalue weighted by Crippen LogP contribution is -2.17. The van der Waals surface area contributed by atoms with Crippen molar-refractivity contribution in [3.05, 3.63) is 48.2 Å². The molecule has 0 fully saturated rings. The zero-order valence-corrected chi connectivity index (χ0v) is 11.5. The maximum Gasteiger partial charge on any atom is 0.137 e. The SMILES string of the molecule is COc1ccc(N(C)c2ncccc2[C@@H](C)N)cc1. The predicted octanol–water partition coefficient (Wildman–Crippen LogP) is 2.88. The van der Waals surface area contributed by atoms with Gasteiger partial charge in [-0.25, -0.2) is 4.98 Å². The van der Waals surface area contributed by atoms with Crippen LogP contribution >= 0.6 is 0 Å². The molecule has 1 heterocycles. The van der Waals surface area contributed by atoms with E-state index in [2.05, 4.69) is 4.98 Å². The van der Waals surface area contributed by atoms with Crippen LogP contribution in [0.2, 0.25) is 0 Å². The quantitative estimate of drug-likeness (QED) is 0.915. The fourth-order valence-electron chi connectivity index (χ4n) is 1.97. The maximum absolute atomic E-state index is 5.99. The standard InChI is InChI=1S/C15H19N3O/c1-11(16)14-5-4-10-17-15(14)18(2)12-6-8-13(19-3)9-7-12/h4-11H,16H2,1-3H3/t11-/m1/s1. The van der Waals surface area contributed by atoms with Crippen molar-refractivity contribution in [2.45, 2.75) is 13.0 Å². The summed E-state index contributed by atoms with van der Waals surface area (Å²) < 4.78 is 5.16. The van der Waals surface area contributed by atoms with E-state index in [1.165, 1.54) is 0 Å². The third kappa shape index (κ3) is 2.85. The van der Waals surface area contributed by atoms with Crippen molar-refractivity contribution in [1.29, 1.82) is 0 Å². The normalized spacial score (nSPS) is 12.0. The molecule has 0 unspecified atom stereocenters. The lowest BCUT2D eigenvalue weighted by molar-refractivity contribution is 0.415. The van der Waals surface area contributed by atoms with Gasteiger partial charge < -0.3 is 15.4 Å². The Morgan fingerprint density at radius 2 is 1.89 bits per heavy atom. The Balaban J connectivity index is 2.35. The highest BCUT2D eigenvalue weighted by atomic mass is 16.5. The summed E-state index contributed by atoms with van der Waals surface area (Å²) in [6.45, 7) is 1.96. The van der Waals surface area contributed by atoms with Gasteiger partial charge in [0, 0.05) is 30.5 Å². The second-order valence-corrected chi connectivity index (χ2v) is 4.46. The average Bonchev–Trinajstić information content (AvgIpc) is 2.46. The van der Waals surface area contributed by atoms with Gasteiger partial charge in [-0.3, -0.25) is 0 Å². The van der Waals surface area contributed by atoms with E-state index in [0.29, 0.717) is 0 Å². The van der Waals surface area contributed by atoms with E-state index in [-0.39, 0.29) is 6.04 Å². The van der Waals surface area contributed by atoms with Crippen LogP contribution in [-0.2, 0) is 0 Å². The minimum atomic E-state index is -0.0515. The van der Waals surface area contributed by atoms with E-state index in [9.17, 15) is 0 Å². The molecule has 1 aromatic carbocycles. The maximum atomic E-state index is 5.99. The number of rotatable bonds is 4. The van der Waals surface area contributed by atoms with Crippen molar-refractivity contribution in [3.8, 4) is 5.75 Å². The van der Waals surface area contributed by atoms with Gasteiger partial charge in [0.2, 0.25) is 0 Å². The summed E-state index contributed by atoms with van der Waals surface area (Å²) in [6, 6.07) is 11.7. The van der Waals surface area contributed by atoms with E-state index in [1.807, 2.05) is 55.3 Å². The van der Waals surface area contributed by atoms with Crippen LogP contribution in [0.25, 0.3) is 0 Å². The van der Waals surface area contributed by atoms with Crippen LogP contribution in [0.1, 0.15) is 18.5 Å². The zero-order valence-electron chi connectivity index (χ0n) is 11.5. The molecule has 0 saturated carbocycles. The van der Waals surface area contributed by atoms with Crippen LogP contribution in [0.4, 0.5) is 11.5 Å². The first-order valence-corrected chi connectivity index (χ1v) is 6.21. The zero-order chi connectivity index (χ0) is 13.8. The highest BCUT2D eigenvalue weighted by Crippen LogP contribution is 2.28. The van der Waals surface area contributed by atoms with Crippen molar-refractivity contribution >= 4 is 11.5 Å². The predicted molar refractivity (Wildman–Crippen MR) is 77.9 cm³/mol. The molecule has 1 atom stereocenters. The molecule has 2 rings (SSSR count). The first kappa shape index (κ1) is 13.4. The molecule has 0 radical (unpaired) electrons. The second-order valence-electron chi connectivity index (χ2n) is 4.46. The smallest absolute Gasteiger partial charge is 0.137 e. The van der Waals surface area contributed by atoms with E-state index >= 15 is 0 Å². The number of anilines is 2. The molecule has 0 aliphatic heterocycles. The minimum Gasteiger partial charge on any atom is -0.497 e. The highest BCUT2D eigenvalue weighted by molar-refractivity contribution is 5.63. The fraction of sp³-hybridized carbons (Fsp3) is 0.267. The van der Waals surface area contributed by atoms with Crippen LogP contribution < -0.4 is 15.4 Å². The highest BCUT2D eigenvalue weighted by Gasteiger charge is 2.13. The Bertz CT molecular complexity index is 537. The molecular formula is C15H19N3O. The third-order valence-corrected chi connectivity index (χ3v) is 3.08. The molecule has 0 spiro atoms. The first-order chi connectivity index (χ1) is 9.13. The van der Waals surface area contributed by atoms with Crippen molar-refractivity contribution < 1.29 is 4.74 Å². The molecule has 4 nitrogen and oxygen atoms in total. The van der Waals surface area contributed by atoms with Gasteiger partial charge in [-0.05, 0) is 37.3 Å². The Labute approximate surface area is 113 Å². The molecule has 0 aliphatic carbocycles. The van der Waals surface area contributed by atoms with Gasteiger partial charge in [-0.1, -0.05) is 6.07 Å². The molecule has 19 heavy (non-hydrogen) atoms. The largest absolute Gasteiger partial charge is 0.497 e. The van der Waals surface area contributed by atoms with Crippen LogP contribution in [0.15, 0.2) is 42.6 Å². The van der Waals surface area contributed by atoms with Crippen LogP contribution in [0.5, 0.6) is 5.75 Å². The van der Waals surface area contributed by atoms with Gasteiger partial charge in [0.1, 0.15) is 11.6 Å². The number of hydrogen-bond donors (Lipinski definition) is 1. The number of benzene rings is 1. The number of nitrogens with zero attached hydrogens (tertiary/aromatic N) is 2. The van der Waals surface area contributed by atoms with Crippen LogP contribution in [-0.4, -0.2) is 19.1 Å². The number of nitrogens with two attached hydrogens (primary N) is 1. The molecule has 2 aromatic rings. The summed E-state index contributed by atoms with van der Waals surface area (Å²) in [4.78, 5) is 6.46. The molecule has 0 saturated heterocycles. The van der Waals surface area contributed by atoms with Gasteiger partial charge in [0.15, 0.2) is 0 Å². The third-order valence-electron chi connectivity index (χ3n) is 3.08. The van der Waals surface area contributed by atoms with E-state index in [4.69, 9.17) is 10.5 Å². The fourth-order valence-corrected chi connectivity index (χ4v) is 1.97. The van der Waals surface area contributed by atoms with Gasteiger partial charge in [-0.15, -0.1) is 0 Å². The molecule has 100 valence electrons. The topological polar surface area (TPSA) is 51.4 Å². The van der Waals surface area contributed by atoms with Gasteiger partial charge in [-0.2, -0.15) is 0 Å². The molecule has 4 heteroatoms. The molecule has 2 N–H and O–H groups in total. The summed E-state index contributed by atoms with van der Waals surface area (Å²) in [6.07, 6.45) is 1.78. The summed E-state index contributed by atoms with van der Waals surface area (Å²) >= 11 is 0. The van der Waals surface area contributed by atoms with Crippen LogP contribution in [0.3, 0.4) is 0 Å². The molecule has 0 bridgehead atoms. The van der Waals surface area contributed by atoms with Gasteiger partial charge in [0.25, 0.3) is 0 Å².